The lowest BCUT2D eigenvalue weighted by Gasteiger charge is -2.10. The fourth-order valence-electron chi connectivity index (χ4n) is 1.73. The summed E-state index contributed by atoms with van der Waals surface area (Å²) < 4.78 is 7.74. The van der Waals surface area contributed by atoms with Crippen molar-refractivity contribution in [2.24, 2.45) is 0 Å². The predicted octanol–water partition coefficient (Wildman–Crippen LogP) is 2.45. The molecule has 0 saturated heterocycles. The zero-order valence-electron chi connectivity index (χ0n) is 11.0. The van der Waals surface area contributed by atoms with Gasteiger partial charge < -0.3 is 14.3 Å². The van der Waals surface area contributed by atoms with E-state index in [1.807, 2.05) is 25.3 Å². The number of nitrogens with zero attached hydrogens (tertiary/aromatic N) is 3. The summed E-state index contributed by atoms with van der Waals surface area (Å²) in [5.41, 5.74) is 0.787. The minimum absolute atomic E-state index is 0.251. The second-order valence-electron chi connectivity index (χ2n) is 4.49. The Morgan fingerprint density at radius 1 is 1.58 bits per heavy atom. The summed E-state index contributed by atoms with van der Waals surface area (Å²) in [6.45, 7) is 6.19. The molecule has 0 aromatic carbocycles. The normalized spacial score (nSPS) is 11.0. The molecule has 102 valence electrons. The van der Waals surface area contributed by atoms with Crippen LogP contribution in [0.15, 0.2) is 21.5 Å². The van der Waals surface area contributed by atoms with Gasteiger partial charge in [0.2, 0.25) is 0 Å². The standard InChI is InChI=1S/C12H15BrN4O2/c1-7(2)17-6-15-16-10(17)5-14-12(18)11-8(3)4-9(13)19-11/h4,6-7H,5H2,1-3H3,(H,14,18). The van der Waals surface area contributed by atoms with Crippen molar-refractivity contribution in [3.8, 4) is 0 Å². The summed E-state index contributed by atoms with van der Waals surface area (Å²) in [5.74, 6) is 0.760. The predicted molar refractivity (Wildman–Crippen MR) is 72.7 cm³/mol. The molecular weight excluding hydrogens is 312 g/mol. The SMILES string of the molecule is Cc1cc(Br)oc1C(=O)NCc1nncn1C(C)C. The first-order valence-corrected chi connectivity index (χ1v) is 6.71. The van der Waals surface area contributed by atoms with Crippen LogP contribution in [0.2, 0.25) is 0 Å². The molecule has 0 atom stereocenters. The molecule has 2 heterocycles. The van der Waals surface area contributed by atoms with Gasteiger partial charge in [0.05, 0.1) is 6.54 Å². The van der Waals surface area contributed by atoms with Gasteiger partial charge in [-0.05, 0) is 42.8 Å². The van der Waals surface area contributed by atoms with Gasteiger partial charge in [0.25, 0.3) is 5.91 Å². The second-order valence-corrected chi connectivity index (χ2v) is 5.28. The molecule has 1 amide bonds. The monoisotopic (exact) mass is 326 g/mol. The van der Waals surface area contributed by atoms with Crippen LogP contribution < -0.4 is 5.32 Å². The number of halogens is 1. The van der Waals surface area contributed by atoms with Gasteiger partial charge in [-0.3, -0.25) is 4.79 Å². The fraction of sp³-hybridized carbons (Fsp3) is 0.417. The maximum Gasteiger partial charge on any atom is 0.287 e. The molecule has 1 N–H and O–H groups in total. The van der Waals surface area contributed by atoms with Gasteiger partial charge in [0.15, 0.2) is 16.3 Å². The zero-order valence-corrected chi connectivity index (χ0v) is 12.6. The maximum atomic E-state index is 12.0. The maximum absolute atomic E-state index is 12.0. The van der Waals surface area contributed by atoms with Gasteiger partial charge in [-0.15, -0.1) is 10.2 Å². The Morgan fingerprint density at radius 3 is 2.89 bits per heavy atom. The molecule has 2 aromatic heterocycles. The number of nitrogens with one attached hydrogen (secondary N) is 1. The first kappa shape index (κ1) is 13.8. The van der Waals surface area contributed by atoms with E-state index in [0.717, 1.165) is 5.56 Å². The Bertz CT molecular complexity index is 588. The lowest BCUT2D eigenvalue weighted by Crippen LogP contribution is -2.25. The third kappa shape index (κ3) is 3.04. The zero-order chi connectivity index (χ0) is 14.0. The van der Waals surface area contributed by atoms with Gasteiger partial charge in [0.1, 0.15) is 6.33 Å². The molecule has 2 aromatic rings. The Hall–Kier alpha value is -1.63. The van der Waals surface area contributed by atoms with E-state index in [1.165, 1.54) is 0 Å². The topological polar surface area (TPSA) is 73.0 Å². The minimum Gasteiger partial charge on any atom is -0.444 e. The molecule has 0 fully saturated rings. The van der Waals surface area contributed by atoms with Crippen LogP contribution in [0.5, 0.6) is 0 Å². The third-order valence-corrected chi connectivity index (χ3v) is 3.10. The molecule has 7 heteroatoms. The highest BCUT2D eigenvalue weighted by atomic mass is 79.9. The van der Waals surface area contributed by atoms with Crippen LogP contribution in [0.4, 0.5) is 0 Å². The van der Waals surface area contributed by atoms with E-state index >= 15 is 0 Å². The number of furan rings is 1. The Balaban J connectivity index is 2.04. The van der Waals surface area contributed by atoms with Crippen LogP contribution in [0.1, 0.15) is 41.8 Å². The summed E-state index contributed by atoms with van der Waals surface area (Å²) in [7, 11) is 0. The van der Waals surface area contributed by atoms with E-state index in [1.54, 1.807) is 12.4 Å². The number of rotatable bonds is 4. The van der Waals surface area contributed by atoms with Crippen molar-refractivity contribution < 1.29 is 9.21 Å². The third-order valence-electron chi connectivity index (χ3n) is 2.70. The van der Waals surface area contributed by atoms with E-state index in [2.05, 4.69) is 31.4 Å². The highest BCUT2D eigenvalue weighted by molar-refractivity contribution is 9.10. The van der Waals surface area contributed by atoms with E-state index in [9.17, 15) is 4.79 Å². The van der Waals surface area contributed by atoms with Gasteiger partial charge in [-0.1, -0.05) is 0 Å². The molecule has 0 aliphatic rings. The number of aryl methyl sites for hydroxylation is 1. The molecule has 0 unspecified atom stereocenters. The largest absolute Gasteiger partial charge is 0.444 e. The summed E-state index contributed by atoms with van der Waals surface area (Å²) in [6, 6.07) is 2.01. The molecule has 0 aliphatic heterocycles. The molecule has 0 bridgehead atoms. The smallest absolute Gasteiger partial charge is 0.287 e. The number of hydrogen-bond donors (Lipinski definition) is 1. The lowest BCUT2D eigenvalue weighted by atomic mass is 10.2. The summed E-state index contributed by atoms with van der Waals surface area (Å²) in [4.78, 5) is 12.0. The van der Waals surface area contributed by atoms with Crippen molar-refractivity contribution in [1.29, 1.82) is 0 Å². The number of carbonyl (C=O) groups is 1. The second kappa shape index (κ2) is 5.56. The highest BCUT2D eigenvalue weighted by Gasteiger charge is 2.16. The first-order chi connectivity index (χ1) is 8.99. The Morgan fingerprint density at radius 2 is 2.32 bits per heavy atom. The van der Waals surface area contributed by atoms with Crippen molar-refractivity contribution >= 4 is 21.8 Å². The molecular formula is C12H15BrN4O2. The van der Waals surface area contributed by atoms with Gasteiger partial charge >= 0.3 is 0 Å². The van der Waals surface area contributed by atoms with Crippen molar-refractivity contribution in [2.75, 3.05) is 0 Å². The first-order valence-electron chi connectivity index (χ1n) is 5.91. The fourth-order valence-corrected chi connectivity index (χ4v) is 2.24. The van der Waals surface area contributed by atoms with E-state index in [0.29, 0.717) is 22.8 Å². The van der Waals surface area contributed by atoms with E-state index in [4.69, 9.17) is 4.42 Å². The Labute approximate surface area is 119 Å². The molecule has 6 nitrogen and oxygen atoms in total. The summed E-state index contributed by atoms with van der Waals surface area (Å²) in [6.07, 6.45) is 1.65. The van der Waals surface area contributed by atoms with Crippen molar-refractivity contribution in [3.05, 3.63) is 34.2 Å². The van der Waals surface area contributed by atoms with Crippen LogP contribution in [-0.2, 0) is 6.54 Å². The Kier molecular flexibility index (Phi) is 4.04. The van der Waals surface area contributed by atoms with Crippen LogP contribution in [0, 0.1) is 6.92 Å². The lowest BCUT2D eigenvalue weighted by molar-refractivity contribution is 0.0919. The van der Waals surface area contributed by atoms with Crippen LogP contribution in [-0.4, -0.2) is 20.7 Å². The summed E-state index contributed by atoms with van der Waals surface area (Å²) in [5, 5.41) is 10.6. The van der Waals surface area contributed by atoms with Crippen LogP contribution in [0.3, 0.4) is 0 Å². The number of amides is 1. The van der Waals surface area contributed by atoms with E-state index < -0.39 is 0 Å². The molecule has 0 radical (unpaired) electrons. The number of aromatic nitrogens is 3. The van der Waals surface area contributed by atoms with Gasteiger partial charge in [-0.25, -0.2) is 0 Å². The average Bonchev–Trinajstić information content (AvgIpc) is 2.92. The van der Waals surface area contributed by atoms with Gasteiger partial charge in [0, 0.05) is 11.6 Å². The van der Waals surface area contributed by atoms with Gasteiger partial charge in [-0.2, -0.15) is 0 Å². The van der Waals surface area contributed by atoms with Crippen molar-refractivity contribution in [2.45, 2.75) is 33.4 Å². The van der Waals surface area contributed by atoms with E-state index in [-0.39, 0.29) is 11.9 Å². The average molecular weight is 327 g/mol. The van der Waals surface area contributed by atoms with Crippen LogP contribution >= 0.6 is 15.9 Å². The molecule has 19 heavy (non-hydrogen) atoms. The molecule has 0 saturated carbocycles. The quantitative estimate of drug-likeness (QED) is 0.936. The molecule has 0 aliphatic carbocycles. The molecule has 0 spiro atoms. The number of carbonyl (C=O) groups excluding carboxylic acids is 1. The van der Waals surface area contributed by atoms with Crippen molar-refractivity contribution in [3.63, 3.8) is 0 Å². The number of hydrogen-bond acceptors (Lipinski definition) is 4. The minimum atomic E-state index is -0.262. The van der Waals surface area contributed by atoms with Crippen molar-refractivity contribution in [1.82, 2.24) is 20.1 Å². The molecule has 2 rings (SSSR count). The van der Waals surface area contributed by atoms with Crippen LogP contribution in [0.25, 0.3) is 0 Å². The summed E-state index contributed by atoms with van der Waals surface area (Å²) >= 11 is 3.20. The highest BCUT2D eigenvalue weighted by Crippen LogP contribution is 2.19.